The van der Waals surface area contributed by atoms with Crippen LogP contribution in [0, 0.1) is 5.82 Å². The summed E-state index contributed by atoms with van der Waals surface area (Å²) in [5, 5.41) is 11.3. The molecule has 0 radical (unpaired) electrons. The van der Waals surface area contributed by atoms with Gasteiger partial charge in [0, 0.05) is 11.1 Å². The molecule has 0 spiro atoms. The molecule has 1 aromatic heterocycles. The van der Waals surface area contributed by atoms with Gasteiger partial charge in [-0.1, -0.05) is 18.2 Å². The summed E-state index contributed by atoms with van der Waals surface area (Å²) >= 11 is 0. The maximum atomic E-state index is 14.0. The highest BCUT2D eigenvalue weighted by molar-refractivity contribution is 5.94. The van der Waals surface area contributed by atoms with Gasteiger partial charge in [0.05, 0.1) is 28.5 Å². The fourth-order valence-corrected chi connectivity index (χ4v) is 4.12. The van der Waals surface area contributed by atoms with Gasteiger partial charge in [-0.3, -0.25) is 0 Å². The number of allylic oxidation sites excluding steroid dienone is 2. The fourth-order valence-electron chi connectivity index (χ4n) is 4.12. The molecule has 0 amide bonds. The predicted molar refractivity (Wildman–Crippen MR) is 116 cm³/mol. The molecule has 37 heavy (non-hydrogen) atoms. The molecule has 0 N–H and O–H groups in total. The minimum Gasteiger partial charge on any atom is -0.543 e. The van der Waals surface area contributed by atoms with Crippen LogP contribution in [0.25, 0.3) is 11.1 Å². The quantitative estimate of drug-likeness (QED) is 0.356. The van der Waals surface area contributed by atoms with Gasteiger partial charge in [0.1, 0.15) is 18.2 Å². The maximum absolute atomic E-state index is 14.0. The van der Waals surface area contributed by atoms with Crippen LogP contribution in [0.15, 0.2) is 54.6 Å². The summed E-state index contributed by atoms with van der Waals surface area (Å²) in [6, 6.07) is 9.29. The monoisotopic (exact) mass is 524 g/mol. The molecular weight excluding hydrogens is 507 g/mol. The van der Waals surface area contributed by atoms with Crippen molar-refractivity contribution in [1.29, 1.82) is 0 Å². The van der Waals surface area contributed by atoms with E-state index in [4.69, 9.17) is 4.74 Å². The van der Waals surface area contributed by atoms with Gasteiger partial charge in [-0.15, -0.1) is 0 Å². The molecule has 0 bridgehead atoms. The minimum absolute atomic E-state index is 0.0437. The molecule has 0 fully saturated rings. The zero-order valence-corrected chi connectivity index (χ0v) is 18.8. The summed E-state index contributed by atoms with van der Waals surface area (Å²) in [5.41, 5.74) is -3.11. The van der Waals surface area contributed by atoms with Gasteiger partial charge in [-0.05, 0) is 66.8 Å². The van der Waals surface area contributed by atoms with Crippen LogP contribution in [0.5, 0.6) is 5.75 Å². The second kappa shape index (κ2) is 9.87. The van der Waals surface area contributed by atoms with E-state index in [0.29, 0.717) is 18.6 Å². The highest BCUT2D eigenvalue weighted by Gasteiger charge is 2.34. The number of carboxylic acids is 1. The Morgan fingerprint density at radius 1 is 0.892 bits per heavy atom. The van der Waals surface area contributed by atoms with Gasteiger partial charge in [-0.25, -0.2) is 9.37 Å². The van der Waals surface area contributed by atoms with E-state index in [1.54, 1.807) is 6.07 Å². The zero-order chi connectivity index (χ0) is 27.0. The standard InChI is InChI=1S/C26H18F7NO3/c27-20-7-2-1-4-14(20)13-37-23-9-8-15(25(28,29)30)10-19(23)17-5-3-6-18(17)21-11-16(26(31,32)33)12-22(34-21)24(35)36/h1-2,4,7-12H,3,5-6,13H2,(H,35,36)/p-1. The SMILES string of the molecule is O=C([O-])c1cc(C(F)(F)F)cc(C2=C(c3cc(C(F)(F)F)ccc3OCc3ccccc3F)CCC2)n1. The van der Waals surface area contributed by atoms with Gasteiger partial charge >= 0.3 is 12.4 Å². The number of halogens is 7. The number of carbonyl (C=O) groups is 1. The molecule has 0 unspecified atom stereocenters. The van der Waals surface area contributed by atoms with E-state index >= 15 is 0 Å². The number of rotatable bonds is 6. The fraction of sp³-hybridized carbons (Fsp3) is 0.231. The molecular formula is C26H17F7NO3-. The number of hydrogen-bond acceptors (Lipinski definition) is 4. The molecule has 3 aromatic rings. The molecule has 194 valence electrons. The first-order chi connectivity index (χ1) is 17.3. The molecule has 2 aromatic carbocycles. The Balaban J connectivity index is 1.86. The number of aromatic carboxylic acids is 1. The Hall–Kier alpha value is -3.89. The van der Waals surface area contributed by atoms with E-state index in [2.05, 4.69) is 4.98 Å². The predicted octanol–water partition coefficient (Wildman–Crippen LogP) is 6.30. The number of aromatic nitrogens is 1. The molecule has 1 heterocycles. The Bertz CT molecular complexity index is 1380. The highest BCUT2D eigenvalue weighted by Crippen LogP contribution is 2.45. The zero-order valence-electron chi connectivity index (χ0n) is 18.8. The van der Waals surface area contributed by atoms with E-state index in [-0.39, 0.29) is 53.2 Å². The van der Waals surface area contributed by atoms with Crippen LogP contribution in [-0.4, -0.2) is 11.0 Å². The third kappa shape index (κ3) is 5.76. The third-order valence-corrected chi connectivity index (χ3v) is 5.86. The number of ether oxygens (including phenoxy) is 1. The molecule has 4 nitrogen and oxygen atoms in total. The second-order valence-corrected chi connectivity index (χ2v) is 8.31. The first kappa shape index (κ1) is 26.2. The average Bonchev–Trinajstić information content (AvgIpc) is 3.32. The summed E-state index contributed by atoms with van der Waals surface area (Å²) in [7, 11) is 0. The van der Waals surface area contributed by atoms with Crippen molar-refractivity contribution >= 4 is 17.1 Å². The largest absolute Gasteiger partial charge is 0.543 e. The van der Waals surface area contributed by atoms with Crippen LogP contribution >= 0.6 is 0 Å². The lowest BCUT2D eigenvalue weighted by atomic mass is 9.96. The van der Waals surface area contributed by atoms with Crippen molar-refractivity contribution in [3.63, 3.8) is 0 Å². The van der Waals surface area contributed by atoms with Crippen LogP contribution in [0.3, 0.4) is 0 Å². The summed E-state index contributed by atoms with van der Waals surface area (Å²) in [4.78, 5) is 15.1. The normalized spacial score (nSPS) is 14.2. The van der Waals surface area contributed by atoms with Gasteiger partial charge in [-0.2, -0.15) is 26.3 Å². The van der Waals surface area contributed by atoms with Crippen LogP contribution in [0.4, 0.5) is 30.7 Å². The van der Waals surface area contributed by atoms with Gasteiger partial charge in [0.15, 0.2) is 0 Å². The summed E-state index contributed by atoms with van der Waals surface area (Å²) in [6.45, 7) is -0.315. The highest BCUT2D eigenvalue weighted by atomic mass is 19.4. The average molecular weight is 524 g/mol. The van der Waals surface area contributed by atoms with Crippen LogP contribution in [0.2, 0.25) is 0 Å². The second-order valence-electron chi connectivity index (χ2n) is 8.31. The molecule has 1 aliphatic rings. The smallest absolute Gasteiger partial charge is 0.416 e. The Morgan fingerprint density at radius 2 is 1.57 bits per heavy atom. The lowest BCUT2D eigenvalue weighted by Crippen LogP contribution is -2.25. The molecule has 4 rings (SSSR count). The number of carboxylic acid groups (broad SMARTS) is 1. The third-order valence-electron chi connectivity index (χ3n) is 5.86. The summed E-state index contributed by atoms with van der Waals surface area (Å²) in [5.74, 6) is -2.56. The maximum Gasteiger partial charge on any atom is 0.416 e. The van der Waals surface area contributed by atoms with Crippen molar-refractivity contribution in [3.8, 4) is 5.75 Å². The van der Waals surface area contributed by atoms with E-state index in [1.807, 2.05) is 0 Å². The van der Waals surface area contributed by atoms with E-state index in [1.165, 1.54) is 18.2 Å². The number of nitrogens with zero attached hydrogens (tertiary/aromatic N) is 1. The molecule has 0 saturated heterocycles. The first-order valence-electron chi connectivity index (χ1n) is 11.0. The Morgan fingerprint density at radius 3 is 2.22 bits per heavy atom. The van der Waals surface area contributed by atoms with Crippen LogP contribution in [0.1, 0.15) is 57.7 Å². The van der Waals surface area contributed by atoms with E-state index in [9.17, 15) is 40.6 Å². The molecule has 0 saturated carbocycles. The summed E-state index contributed by atoms with van der Waals surface area (Å²) in [6.07, 6.45) is -8.95. The minimum atomic E-state index is -4.90. The van der Waals surface area contributed by atoms with Crippen molar-refractivity contribution in [3.05, 3.63) is 94.1 Å². The first-order valence-corrected chi connectivity index (χ1v) is 11.0. The number of pyridine rings is 1. The van der Waals surface area contributed by atoms with Gasteiger partial charge in [0.2, 0.25) is 0 Å². The van der Waals surface area contributed by atoms with E-state index < -0.39 is 41.0 Å². The summed E-state index contributed by atoms with van der Waals surface area (Å²) < 4.78 is 101. The van der Waals surface area contributed by atoms with Crippen molar-refractivity contribution in [1.82, 2.24) is 4.98 Å². The molecule has 11 heteroatoms. The number of hydrogen-bond donors (Lipinski definition) is 0. The van der Waals surface area contributed by atoms with Crippen LogP contribution < -0.4 is 9.84 Å². The van der Waals surface area contributed by atoms with Gasteiger partial charge < -0.3 is 14.6 Å². The number of alkyl halides is 6. The Kier molecular flexibility index (Phi) is 6.98. The van der Waals surface area contributed by atoms with E-state index in [0.717, 1.165) is 18.2 Å². The molecule has 0 atom stereocenters. The Labute approximate surface area is 206 Å². The molecule has 0 aliphatic heterocycles. The lowest BCUT2D eigenvalue weighted by molar-refractivity contribution is -0.255. The van der Waals surface area contributed by atoms with Crippen molar-refractivity contribution in [2.24, 2.45) is 0 Å². The van der Waals surface area contributed by atoms with Crippen LogP contribution in [-0.2, 0) is 19.0 Å². The van der Waals surface area contributed by atoms with Crippen molar-refractivity contribution in [2.75, 3.05) is 0 Å². The van der Waals surface area contributed by atoms with Gasteiger partial charge in [0.25, 0.3) is 0 Å². The van der Waals surface area contributed by atoms with Crippen molar-refractivity contribution < 1.29 is 45.4 Å². The lowest BCUT2D eigenvalue weighted by Gasteiger charge is -2.18. The van der Waals surface area contributed by atoms with Crippen molar-refractivity contribution in [2.45, 2.75) is 38.2 Å². The number of benzene rings is 2. The molecule has 1 aliphatic carbocycles. The topological polar surface area (TPSA) is 62.2 Å². The number of carbonyl (C=O) groups excluding carboxylic acids is 1.